The van der Waals surface area contributed by atoms with Crippen LogP contribution in [-0.2, 0) is 20.1 Å². The Morgan fingerprint density at radius 1 is 1.39 bits per heavy atom. The van der Waals surface area contributed by atoms with Crippen molar-refractivity contribution < 1.29 is 4.79 Å². The number of nitrogens with zero attached hydrogens (tertiary/aromatic N) is 3. The van der Waals surface area contributed by atoms with E-state index in [0.29, 0.717) is 25.2 Å². The van der Waals surface area contributed by atoms with Crippen molar-refractivity contribution in [3.63, 3.8) is 0 Å². The van der Waals surface area contributed by atoms with Crippen LogP contribution in [-0.4, -0.2) is 27.1 Å². The summed E-state index contributed by atoms with van der Waals surface area (Å²) < 4.78 is 1.80. The minimum Gasteiger partial charge on any atom is -0.342 e. The third-order valence-corrected chi connectivity index (χ3v) is 4.90. The zero-order chi connectivity index (χ0) is 20.3. The van der Waals surface area contributed by atoms with Gasteiger partial charge in [0.1, 0.15) is 5.82 Å². The molecule has 0 radical (unpaired) electrons. The van der Waals surface area contributed by atoms with Crippen LogP contribution in [0.1, 0.15) is 34.0 Å². The van der Waals surface area contributed by atoms with Crippen molar-refractivity contribution in [1.29, 1.82) is 0 Å². The van der Waals surface area contributed by atoms with Gasteiger partial charge in [0.2, 0.25) is 0 Å². The molecule has 6 nitrogen and oxygen atoms in total. The Hall–Kier alpha value is -3.12. The van der Waals surface area contributed by atoms with E-state index in [1.54, 1.807) is 17.0 Å². The van der Waals surface area contributed by atoms with Gasteiger partial charge in [-0.15, -0.1) is 0 Å². The van der Waals surface area contributed by atoms with E-state index in [1.165, 1.54) is 0 Å². The van der Waals surface area contributed by atoms with E-state index in [-0.39, 0.29) is 5.91 Å². The Bertz CT molecular complexity index is 967. The van der Waals surface area contributed by atoms with Crippen LogP contribution in [0.3, 0.4) is 0 Å². The SMILES string of the molecule is C=C/C=C(C)\C=C1/CN(C(=O)c2ccc(CN)c(C)c2)Cc2cnn(C)c2N1. The molecule has 1 aromatic carbocycles. The van der Waals surface area contributed by atoms with Crippen molar-refractivity contribution >= 4 is 11.7 Å². The Kier molecular flexibility index (Phi) is 5.80. The molecule has 0 saturated carbocycles. The van der Waals surface area contributed by atoms with Gasteiger partial charge in [-0.2, -0.15) is 5.10 Å². The molecule has 1 aliphatic heterocycles. The molecule has 1 amide bonds. The summed E-state index contributed by atoms with van der Waals surface area (Å²) in [6.07, 6.45) is 7.53. The van der Waals surface area contributed by atoms with E-state index >= 15 is 0 Å². The molecule has 2 heterocycles. The first-order valence-electron chi connectivity index (χ1n) is 9.29. The van der Waals surface area contributed by atoms with Crippen molar-refractivity contribution in [2.24, 2.45) is 12.8 Å². The molecule has 2 aromatic rings. The molecule has 0 saturated heterocycles. The first-order chi connectivity index (χ1) is 13.4. The predicted octanol–water partition coefficient (Wildman–Crippen LogP) is 3.27. The summed E-state index contributed by atoms with van der Waals surface area (Å²) in [5.74, 6) is 0.893. The van der Waals surface area contributed by atoms with Crippen LogP contribution in [0.25, 0.3) is 0 Å². The van der Waals surface area contributed by atoms with Crippen molar-refractivity contribution in [1.82, 2.24) is 14.7 Å². The molecule has 0 bridgehead atoms. The van der Waals surface area contributed by atoms with Crippen molar-refractivity contribution in [2.45, 2.75) is 26.9 Å². The highest BCUT2D eigenvalue weighted by Crippen LogP contribution is 2.25. The number of hydrogen-bond donors (Lipinski definition) is 2. The fourth-order valence-electron chi connectivity index (χ4n) is 3.39. The molecule has 28 heavy (non-hydrogen) atoms. The molecule has 0 fully saturated rings. The molecule has 3 rings (SSSR count). The van der Waals surface area contributed by atoms with Crippen LogP contribution in [0.15, 0.2) is 60.5 Å². The van der Waals surface area contributed by atoms with Crippen LogP contribution in [0.4, 0.5) is 5.82 Å². The highest BCUT2D eigenvalue weighted by Gasteiger charge is 2.24. The van der Waals surface area contributed by atoms with E-state index < -0.39 is 0 Å². The smallest absolute Gasteiger partial charge is 0.254 e. The molecule has 0 unspecified atom stereocenters. The van der Waals surface area contributed by atoms with Gasteiger partial charge in [-0.05, 0) is 48.8 Å². The summed E-state index contributed by atoms with van der Waals surface area (Å²) in [7, 11) is 1.89. The molecule has 1 aliphatic rings. The molecule has 146 valence electrons. The van der Waals surface area contributed by atoms with E-state index in [0.717, 1.165) is 33.8 Å². The first kappa shape index (κ1) is 19.6. The number of aryl methyl sites for hydroxylation is 2. The maximum Gasteiger partial charge on any atom is 0.254 e. The average molecular weight is 377 g/mol. The fourth-order valence-corrected chi connectivity index (χ4v) is 3.39. The molecule has 0 aliphatic carbocycles. The topological polar surface area (TPSA) is 76.2 Å². The number of rotatable bonds is 4. The normalized spacial score (nSPS) is 15.8. The lowest BCUT2D eigenvalue weighted by atomic mass is 10.0. The van der Waals surface area contributed by atoms with Gasteiger partial charge < -0.3 is 16.0 Å². The summed E-state index contributed by atoms with van der Waals surface area (Å²) in [5.41, 5.74) is 11.5. The van der Waals surface area contributed by atoms with Crippen molar-refractivity contribution in [2.75, 3.05) is 11.9 Å². The van der Waals surface area contributed by atoms with Gasteiger partial charge in [-0.1, -0.05) is 24.8 Å². The van der Waals surface area contributed by atoms with Crippen molar-refractivity contribution in [3.05, 3.63) is 82.7 Å². The van der Waals surface area contributed by atoms with Crippen molar-refractivity contribution in [3.8, 4) is 0 Å². The van der Waals surface area contributed by atoms with Crippen LogP contribution in [0, 0.1) is 6.92 Å². The van der Waals surface area contributed by atoms with E-state index in [1.807, 2.05) is 56.1 Å². The van der Waals surface area contributed by atoms with Crippen LogP contribution >= 0.6 is 0 Å². The maximum absolute atomic E-state index is 13.3. The summed E-state index contributed by atoms with van der Waals surface area (Å²) in [6, 6.07) is 5.70. The number of aromatic nitrogens is 2. The Morgan fingerprint density at radius 2 is 2.18 bits per heavy atom. The lowest BCUT2D eigenvalue weighted by molar-refractivity contribution is 0.0761. The second kappa shape index (κ2) is 8.27. The zero-order valence-corrected chi connectivity index (χ0v) is 16.7. The Morgan fingerprint density at radius 3 is 2.86 bits per heavy atom. The van der Waals surface area contributed by atoms with Gasteiger partial charge in [0.15, 0.2) is 0 Å². The number of amides is 1. The number of anilines is 1. The maximum atomic E-state index is 13.3. The molecule has 3 N–H and O–H groups in total. The van der Waals surface area contributed by atoms with Crippen LogP contribution < -0.4 is 11.1 Å². The summed E-state index contributed by atoms with van der Waals surface area (Å²) in [6.45, 7) is 9.18. The monoisotopic (exact) mass is 377 g/mol. The second-order valence-corrected chi connectivity index (χ2v) is 7.09. The number of carbonyl (C=O) groups excluding carboxylic acids is 1. The molecule has 6 heteroatoms. The Labute approximate surface area is 166 Å². The number of nitrogens with one attached hydrogen (secondary N) is 1. The molecule has 0 spiro atoms. The molecular formula is C22H27N5O. The highest BCUT2D eigenvalue weighted by molar-refractivity contribution is 5.95. The zero-order valence-electron chi connectivity index (χ0n) is 16.7. The quantitative estimate of drug-likeness (QED) is 0.802. The summed E-state index contributed by atoms with van der Waals surface area (Å²) in [4.78, 5) is 15.1. The van der Waals surface area contributed by atoms with Gasteiger partial charge in [0, 0.05) is 30.4 Å². The molecular weight excluding hydrogens is 350 g/mol. The second-order valence-electron chi connectivity index (χ2n) is 7.09. The number of allylic oxidation sites excluding steroid dienone is 4. The highest BCUT2D eigenvalue weighted by atomic mass is 16.2. The number of benzene rings is 1. The number of fused-ring (bicyclic) bond motifs is 1. The van der Waals surface area contributed by atoms with Crippen LogP contribution in [0.2, 0.25) is 0 Å². The fraction of sp³-hybridized carbons (Fsp3) is 0.273. The van der Waals surface area contributed by atoms with Crippen LogP contribution in [0.5, 0.6) is 0 Å². The van der Waals surface area contributed by atoms with Gasteiger partial charge in [-0.25, -0.2) is 0 Å². The summed E-state index contributed by atoms with van der Waals surface area (Å²) in [5, 5.41) is 7.78. The van der Waals surface area contributed by atoms with Gasteiger partial charge in [0.25, 0.3) is 5.91 Å². The van der Waals surface area contributed by atoms with Gasteiger partial charge in [-0.3, -0.25) is 9.48 Å². The standard InChI is InChI=1S/C22H27N5O/c1-5-6-15(2)9-20-14-27(13-19-12-24-26(4)21(19)25-20)22(28)17-7-8-18(11-23)16(3)10-17/h5-10,12,25H,1,11,13-14,23H2,2-4H3/b15-6-,20-9+. The summed E-state index contributed by atoms with van der Waals surface area (Å²) >= 11 is 0. The molecule has 0 atom stereocenters. The number of hydrogen-bond acceptors (Lipinski definition) is 4. The van der Waals surface area contributed by atoms with Gasteiger partial charge in [0.05, 0.1) is 19.3 Å². The van der Waals surface area contributed by atoms with E-state index in [2.05, 4.69) is 17.0 Å². The Balaban J connectivity index is 1.97. The third-order valence-electron chi connectivity index (χ3n) is 4.90. The number of carbonyl (C=O) groups is 1. The van der Waals surface area contributed by atoms with E-state index in [9.17, 15) is 4.79 Å². The third kappa shape index (κ3) is 4.07. The lowest BCUT2D eigenvalue weighted by Gasteiger charge is -2.22. The average Bonchev–Trinajstić information content (AvgIpc) is 2.89. The minimum atomic E-state index is -0.0126. The first-order valence-corrected chi connectivity index (χ1v) is 9.29. The number of nitrogens with two attached hydrogens (primary N) is 1. The lowest BCUT2D eigenvalue weighted by Crippen LogP contribution is -2.32. The minimum absolute atomic E-state index is 0.0126. The largest absolute Gasteiger partial charge is 0.342 e. The van der Waals surface area contributed by atoms with E-state index in [4.69, 9.17) is 5.73 Å². The predicted molar refractivity (Wildman–Crippen MR) is 113 cm³/mol. The van der Waals surface area contributed by atoms with Gasteiger partial charge >= 0.3 is 0 Å². The molecule has 1 aromatic heterocycles.